The Bertz CT molecular complexity index is 459. The number of hydrogen-bond donors (Lipinski definition) is 0. The molecule has 0 N–H and O–H groups in total. The molecule has 0 bridgehead atoms. The van der Waals surface area contributed by atoms with Crippen LogP contribution in [0.2, 0.25) is 0 Å². The zero-order valence-electron chi connectivity index (χ0n) is 17.8. The molecule has 0 unspecified atom stereocenters. The van der Waals surface area contributed by atoms with Crippen molar-refractivity contribution in [3.05, 3.63) is 24.3 Å². The van der Waals surface area contributed by atoms with Gasteiger partial charge in [0.25, 0.3) is 0 Å². The standard InChI is InChI=1S/C20H34O4S4/c1-19(2,3)17(21)23-15-25-11-7-9-13-27-28-14-10-8-12-26-16-24-18(22)20(4,5)6/h7-10H,11-16H2,1-6H3/b9-7-,10-8-. The van der Waals surface area contributed by atoms with Gasteiger partial charge in [-0.05, 0) is 41.5 Å². The molecule has 4 nitrogen and oxygen atoms in total. The smallest absolute Gasteiger partial charge is 0.312 e. The molecule has 0 aliphatic carbocycles. The van der Waals surface area contributed by atoms with Crippen molar-refractivity contribution in [2.75, 3.05) is 34.9 Å². The number of rotatable bonds is 13. The topological polar surface area (TPSA) is 52.6 Å². The van der Waals surface area contributed by atoms with Crippen molar-refractivity contribution < 1.29 is 19.1 Å². The van der Waals surface area contributed by atoms with Crippen LogP contribution in [0, 0.1) is 10.8 Å². The summed E-state index contributed by atoms with van der Waals surface area (Å²) in [6.07, 6.45) is 8.49. The molecule has 162 valence electrons. The van der Waals surface area contributed by atoms with Crippen molar-refractivity contribution >= 4 is 57.1 Å². The lowest BCUT2D eigenvalue weighted by Crippen LogP contribution is -2.22. The highest BCUT2D eigenvalue weighted by molar-refractivity contribution is 8.76. The molecule has 0 aromatic rings. The molecule has 8 heteroatoms. The maximum absolute atomic E-state index is 11.6. The molecular weight excluding hydrogens is 432 g/mol. The summed E-state index contributed by atoms with van der Waals surface area (Å²) in [6.45, 7) is 11.1. The number of carbonyl (C=O) groups is 2. The molecule has 0 rings (SSSR count). The van der Waals surface area contributed by atoms with E-state index in [1.54, 1.807) is 23.5 Å². The lowest BCUT2D eigenvalue weighted by atomic mass is 9.98. The fraction of sp³-hybridized carbons (Fsp3) is 0.700. The average molecular weight is 467 g/mol. The number of ether oxygens (including phenoxy) is 2. The van der Waals surface area contributed by atoms with E-state index in [4.69, 9.17) is 9.47 Å². The van der Waals surface area contributed by atoms with E-state index in [1.807, 2.05) is 63.1 Å². The lowest BCUT2D eigenvalue weighted by molar-refractivity contribution is -0.151. The third-order valence-electron chi connectivity index (χ3n) is 2.94. The Morgan fingerprint density at radius 3 is 1.29 bits per heavy atom. The van der Waals surface area contributed by atoms with Gasteiger partial charge in [-0.2, -0.15) is 0 Å². The largest absolute Gasteiger partial charge is 0.454 e. The van der Waals surface area contributed by atoms with E-state index in [0.717, 1.165) is 23.0 Å². The predicted molar refractivity (Wildman–Crippen MR) is 129 cm³/mol. The van der Waals surface area contributed by atoms with Gasteiger partial charge in [-0.25, -0.2) is 0 Å². The summed E-state index contributed by atoms with van der Waals surface area (Å²) in [5, 5.41) is 0. The van der Waals surface area contributed by atoms with Gasteiger partial charge in [-0.3, -0.25) is 9.59 Å². The maximum Gasteiger partial charge on any atom is 0.312 e. The first kappa shape index (κ1) is 27.8. The second-order valence-corrected chi connectivity index (χ2v) is 12.4. The van der Waals surface area contributed by atoms with Crippen molar-refractivity contribution in [1.29, 1.82) is 0 Å². The molecule has 0 atom stereocenters. The molecule has 0 spiro atoms. The van der Waals surface area contributed by atoms with E-state index >= 15 is 0 Å². The normalized spacial score (nSPS) is 12.6. The minimum Gasteiger partial charge on any atom is -0.454 e. The van der Waals surface area contributed by atoms with Gasteiger partial charge >= 0.3 is 11.9 Å². The van der Waals surface area contributed by atoms with Crippen molar-refractivity contribution in [3.63, 3.8) is 0 Å². The highest BCUT2D eigenvalue weighted by atomic mass is 33.1. The first-order valence-corrected chi connectivity index (χ1v) is 13.9. The molecule has 0 fully saturated rings. The molecule has 0 saturated carbocycles. The van der Waals surface area contributed by atoms with Gasteiger partial charge in [-0.1, -0.05) is 45.9 Å². The Morgan fingerprint density at radius 1 is 0.643 bits per heavy atom. The van der Waals surface area contributed by atoms with Crippen LogP contribution < -0.4 is 0 Å². The first-order valence-electron chi connectivity index (χ1n) is 9.09. The summed E-state index contributed by atoms with van der Waals surface area (Å²) in [7, 11) is 3.62. The Hall–Kier alpha value is -0.180. The summed E-state index contributed by atoms with van der Waals surface area (Å²) in [5.74, 6) is 4.10. The van der Waals surface area contributed by atoms with E-state index in [2.05, 4.69) is 24.3 Å². The summed E-state index contributed by atoms with van der Waals surface area (Å²) >= 11 is 3.18. The molecule has 0 aliphatic rings. The van der Waals surface area contributed by atoms with Gasteiger partial charge in [0.2, 0.25) is 0 Å². The Balaban J connectivity index is 3.45. The lowest BCUT2D eigenvalue weighted by Gasteiger charge is -2.15. The highest BCUT2D eigenvalue weighted by Crippen LogP contribution is 2.21. The van der Waals surface area contributed by atoms with Crippen LogP contribution in [0.3, 0.4) is 0 Å². The van der Waals surface area contributed by atoms with Crippen LogP contribution >= 0.6 is 45.1 Å². The van der Waals surface area contributed by atoms with Crippen LogP contribution in [-0.4, -0.2) is 46.8 Å². The van der Waals surface area contributed by atoms with E-state index in [1.165, 1.54) is 0 Å². The van der Waals surface area contributed by atoms with Gasteiger partial charge in [0, 0.05) is 23.0 Å². The van der Waals surface area contributed by atoms with Gasteiger partial charge in [0.15, 0.2) is 0 Å². The van der Waals surface area contributed by atoms with E-state index in [9.17, 15) is 9.59 Å². The second kappa shape index (κ2) is 15.6. The monoisotopic (exact) mass is 466 g/mol. The van der Waals surface area contributed by atoms with E-state index < -0.39 is 10.8 Å². The zero-order chi connectivity index (χ0) is 21.5. The van der Waals surface area contributed by atoms with Crippen LogP contribution in [0.25, 0.3) is 0 Å². The molecular formula is C20H34O4S4. The van der Waals surface area contributed by atoms with Crippen molar-refractivity contribution in [3.8, 4) is 0 Å². The molecule has 28 heavy (non-hydrogen) atoms. The first-order chi connectivity index (χ1) is 13.0. The van der Waals surface area contributed by atoms with Gasteiger partial charge in [-0.15, -0.1) is 23.5 Å². The summed E-state index contributed by atoms with van der Waals surface area (Å²) in [6, 6.07) is 0. The summed E-state index contributed by atoms with van der Waals surface area (Å²) in [5.41, 5.74) is -0.868. The number of carbonyl (C=O) groups excluding carboxylic acids is 2. The van der Waals surface area contributed by atoms with Crippen molar-refractivity contribution in [2.45, 2.75) is 41.5 Å². The molecule has 0 aromatic heterocycles. The Morgan fingerprint density at radius 2 is 0.964 bits per heavy atom. The molecule has 0 radical (unpaired) electrons. The molecule has 0 saturated heterocycles. The van der Waals surface area contributed by atoms with Gasteiger partial charge in [0.05, 0.1) is 10.8 Å². The summed E-state index contributed by atoms with van der Waals surface area (Å²) in [4.78, 5) is 23.2. The summed E-state index contributed by atoms with van der Waals surface area (Å²) < 4.78 is 10.4. The van der Waals surface area contributed by atoms with Crippen LogP contribution in [0.15, 0.2) is 24.3 Å². The molecule has 0 aromatic carbocycles. The van der Waals surface area contributed by atoms with Gasteiger partial charge < -0.3 is 9.47 Å². The van der Waals surface area contributed by atoms with Crippen molar-refractivity contribution in [2.24, 2.45) is 10.8 Å². The third-order valence-corrected chi connectivity index (χ3v) is 6.51. The number of esters is 2. The Labute approximate surface area is 187 Å². The molecule has 0 heterocycles. The van der Waals surface area contributed by atoms with E-state index in [-0.39, 0.29) is 11.9 Å². The number of thioether (sulfide) groups is 2. The SMILES string of the molecule is CC(C)(C)C(=O)OCSC/C=C\CSSC/C=C\CSCOC(=O)C(C)(C)C. The predicted octanol–water partition coefficient (Wildman–Crippen LogP) is 6.04. The minimum atomic E-state index is -0.434. The minimum absolute atomic E-state index is 0.159. The van der Waals surface area contributed by atoms with Crippen LogP contribution in [0.4, 0.5) is 0 Å². The van der Waals surface area contributed by atoms with Crippen LogP contribution in [0.5, 0.6) is 0 Å². The number of hydrogen-bond acceptors (Lipinski definition) is 8. The van der Waals surface area contributed by atoms with Crippen molar-refractivity contribution in [1.82, 2.24) is 0 Å². The third kappa shape index (κ3) is 16.7. The zero-order valence-corrected chi connectivity index (χ0v) is 21.1. The second-order valence-electron chi connectivity index (χ2n) is 7.85. The fourth-order valence-corrected chi connectivity index (χ4v) is 4.09. The fourth-order valence-electron chi connectivity index (χ4n) is 1.30. The van der Waals surface area contributed by atoms with Gasteiger partial charge in [0.1, 0.15) is 11.9 Å². The Kier molecular flexibility index (Phi) is 15.5. The quantitative estimate of drug-likeness (QED) is 0.107. The van der Waals surface area contributed by atoms with Crippen LogP contribution in [0.1, 0.15) is 41.5 Å². The van der Waals surface area contributed by atoms with Crippen LogP contribution in [-0.2, 0) is 19.1 Å². The average Bonchev–Trinajstić information content (AvgIpc) is 2.59. The van der Waals surface area contributed by atoms with E-state index in [0.29, 0.717) is 11.9 Å². The highest BCUT2D eigenvalue weighted by Gasteiger charge is 2.23. The molecule has 0 amide bonds. The molecule has 0 aliphatic heterocycles. The maximum atomic E-state index is 11.6.